The lowest BCUT2D eigenvalue weighted by atomic mass is 9.89. The SMILES string of the molecule is O=C(OCC1CC2CCC1C2)C(C(F)(F)F)(C(F)(F)F)S(=O)(=O)O. The molecule has 2 saturated carbocycles. The van der Waals surface area contributed by atoms with Gasteiger partial charge in [0.2, 0.25) is 0 Å². The molecule has 0 aromatic heterocycles. The van der Waals surface area contributed by atoms with E-state index < -0.39 is 45.7 Å². The molecule has 5 nitrogen and oxygen atoms in total. The standard InChI is InChI=1S/C12H14F6O5S/c13-11(14,15)10(12(16,17)18,24(20,21)22)9(19)23-5-8-4-6-1-2-7(8)3-6/h6-8H,1-5H2,(H,20,21,22). The maximum Gasteiger partial charge on any atom is 0.430 e. The summed E-state index contributed by atoms with van der Waals surface area (Å²) in [6.45, 7) is -0.747. The van der Waals surface area contributed by atoms with Crippen molar-refractivity contribution in [2.24, 2.45) is 17.8 Å². The summed E-state index contributed by atoms with van der Waals surface area (Å²) >= 11 is 0. The molecule has 2 rings (SSSR count). The second-order valence-electron chi connectivity index (χ2n) is 6.19. The number of fused-ring (bicyclic) bond motifs is 2. The van der Waals surface area contributed by atoms with Crippen molar-refractivity contribution < 1.29 is 48.8 Å². The number of alkyl halides is 6. The highest BCUT2D eigenvalue weighted by atomic mass is 32.2. The summed E-state index contributed by atoms with van der Waals surface area (Å²) in [5.74, 6) is -3.17. The third kappa shape index (κ3) is 2.87. The molecule has 0 heterocycles. The molecule has 24 heavy (non-hydrogen) atoms. The van der Waals surface area contributed by atoms with Crippen LogP contribution in [0.3, 0.4) is 0 Å². The number of halogens is 6. The van der Waals surface area contributed by atoms with Crippen LogP contribution in [0.5, 0.6) is 0 Å². The van der Waals surface area contributed by atoms with Crippen molar-refractivity contribution in [2.75, 3.05) is 6.61 Å². The number of carbonyl (C=O) groups excluding carboxylic acids is 1. The Balaban J connectivity index is 2.28. The topological polar surface area (TPSA) is 80.7 Å². The number of carbonyl (C=O) groups is 1. The van der Waals surface area contributed by atoms with Crippen molar-refractivity contribution in [3.63, 3.8) is 0 Å². The van der Waals surface area contributed by atoms with Gasteiger partial charge in [0.15, 0.2) is 0 Å². The molecule has 0 aromatic carbocycles. The third-order valence-corrected chi connectivity index (χ3v) is 6.19. The van der Waals surface area contributed by atoms with E-state index in [1.807, 2.05) is 0 Å². The first-order valence-corrected chi connectivity index (χ1v) is 8.43. The number of hydrogen-bond acceptors (Lipinski definition) is 4. The van der Waals surface area contributed by atoms with Crippen molar-refractivity contribution in [1.82, 2.24) is 0 Å². The molecule has 140 valence electrons. The Hall–Kier alpha value is -1.04. The largest absolute Gasteiger partial charge is 0.464 e. The van der Waals surface area contributed by atoms with Gasteiger partial charge in [-0.15, -0.1) is 0 Å². The summed E-state index contributed by atoms with van der Waals surface area (Å²) < 4.78 is 106. The quantitative estimate of drug-likeness (QED) is 0.458. The Bertz CT molecular complexity index is 596. The summed E-state index contributed by atoms with van der Waals surface area (Å²) in [5, 5.41) is 0. The zero-order valence-electron chi connectivity index (χ0n) is 12.0. The van der Waals surface area contributed by atoms with Crippen molar-refractivity contribution in [3.05, 3.63) is 0 Å². The van der Waals surface area contributed by atoms with Gasteiger partial charge in [0.25, 0.3) is 0 Å². The molecular formula is C12H14F6O5S. The Morgan fingerprint density at radius 1 is 1.04 bits per heavy atom. The van der Waals surface area contributed by atoms with E-state index >= 15 is 0 Å². The van der Waals surface area contributed by atoms with E-state index in [2.05, 4.69) is 4.74 Å². The predicted octanol–water partition coefficient (Wildman–Crippen LogP) is 2.72. The zero-order chi connectivity index (χ0) is 18.6. The molecule has 0 amide bonds. The minimum absolute atomic E-state index is 0.0275. The zero-order valence-corrected chi connectivity index (χ0v) is 12.8. The van der Waals surface area contributed by atoms with Crippen LogP contribution in [-0.4, -0.2) is 42.6 Å². The van der Waals surface area contributed by atoms with Crippen LogP contribution >= 0.6 is 0 Å². The highest BCUT2D eigenvalue weighted by Crippen LogP contribution is 2.51. The number of rotatable bonds is 4. The first kappa shape index (κ1) is 19.3. The van der Waals surface area contributed by atoms with E-state index in [4.69, 9.17) is 4.55 Å². The van der Waals surface area contributed by atoms with Crippen LogP contribution in [0, 0.1) is 17.8 Å². The monoisotopic (exact) mass is 384 g/mol. The van der Waals surface area contributed by atoms with Crippen LogP contribution < -0.4 is 0 Å². The smallest absolute Gasteiger partial charge is 0.430 e. The molecule has 2 aliphatic rings. The van der Waals surface area contributed by atoms with Crippen LogP contribution in [0.2, 0.25) is 0 Å². The lowest BCUT2D eigenvalue weighted by molar-refractivity contribution is -0.269. The fraction of sp³-hybridized carbons (Fsp3) is 0.917. The molecule has 0 radical (unpaired) electrons. The Morgan fingerprint density at radius 3 is 1.92 bits per heavy atom. The maximum absolute atomic E-state index is 12.9. The summed E-state index contributed by atoms with van der Waals surface area (Å²) in [6.07, 6.45) is -10.4. The van der Waals surface area contributed by atoms with Crippen molar-refractivity contribution >= 4 is 16.1 Å². The van der Waals surface area contributed by atoms with Gasteiger partial charge in [0, 0.05) is 0 Å². The fourth-order valence-electron chi connectivity index (χ4n) is 3.65. The number of ether oxygens (including phenoxy) is 1. The van der Waals surface area contributed by atoms with E-state index in [9.17, 15) is 39.6 Å². The summed E-state index contributed by atoms with van der Waals surface area (Å²) in [7, 11) is -6.92. The second-order valence-corrected chi connectivity index (χ2v) is 7.75. The lowest BCUT2D eigenvalue weighted by Crippen LogP contribution is -2.67. The molecular weight excluding hydrogens is 370 g/mol. The maximum atomic E-state index is 12.9. The molecule has 0 spiro atoms. The Labute approximate surface area is 133 Å². The van der Waals surface area contributed by atoms with E-state index in [1.54, 1.807) is 0 Å². The first-order valence-electron chi connectivity index (χ1n) is 6.99. The van der Waals surface area contributed by atoms with E-state index in [1.165, 1.54) is 0 Å². The average molecular weight is 384 g/mol. The summed E-state index contributed by atoms with van der Waals surface area (Å²) in [4.78, 5) is 11.6. The summed E-state index contributed by atoms with van der Waals surface area (Å²) in [5.41, 5.74) is 0. The number of esters is 1. The molecule has 0 aliphatic heterocycles. The molecule has 3 atom stereocenters. The van der Waals surface area contributed by atoms with Gasteiger partial charge in [-0.05, 0) is 37.0 Å². The highest BCUT2D eigenvalue weighted by Gasteiger charge is 2.84. The van der Waals surface area contributed by atoms with Crippen LogP contribution in [0.15, 0.2) is 0 Å². The van der Waals surface area contributed by atoms with Crippen LogP contribution in [-0.2, 0) is 19.6 Å². The minimum Gasteiger partial charge on any atom is -0.464 e. The molecule has 1 N–H and O–H groups in total. The van der Waals surface area contributed by atoms with Crippen molar-refractivity contribution in [1.29, 1.82) is 0 Å². The minimum atomic E-state index is -6.92. The molecule has 2 bridgehead atoms. The Morgan fingerprint density at radius 2 is 1.58 bits per heavy atom. The van der Waals surface area contributed by atoms with E-state index in [0.29, 0.717) is 6.42 Å². The normalized spacial score (nSPS) is 28.2. The third-order valence-electron chi connectivity index (χ3n) is 4.79. The molecule has 2 fully saturated rings. The molecule has 0 aromatic rings. The van der Waals surface area contributed by atoms with Crippen LogP contribution in [0.25, 0.3) is 0 Å². The van der Waals surface area contributed by atoms with Gasteiger partial charge in [-0.3, -0.25) is 4.55 Å². The van der Waals surface area contributed by atoms with Gasteiger partial charge in [-0.2, -0.15) is 34.8 Å². The van der Waals surface area contributed by atoms with Crippen LogP contribution in [0.1, 0.15) is 25.7 Å². The average Bonchev–Trinajstić information content (AvgIpc) is 2.92. The van der Waals surface area contributed by atoms with Crippen molar-refractivity contribution in [3.8, 4) is 0 Å². The van der Waals surface area contributed by atoms with Gasteiger partial charge < -0.3 is 4.74 Å². The number of hydrogen-bond donors (Lipinski definition) is 1. The van der Waals surface area contributed by atoms with Gasteiger partial charge in [-0.25, -0.2) is 4.79 Å². The molecule has 2 aliphatic carbocycles. The van der Waals surface area contributed by atoms with E-state index in [0.717, 1.165) is 19.3 Å². The van der Waals surface area contributed by atoms with Gasteiger partial charge in [0.05, 0.1) is 6.61 Å². The van der Waals surface area contributed by atoms with E-state index in [-0.39, 0.29) is 11.8 Å². The second kappa shape index (κ2) is 5.75. The predicted molar refractivity (Wildman–Crippen MR) is 66.3 cm³/mol. The van der Waals surface area contributed by atoms with Gasteiger partial charge >= 0.3 is 33.2 Å². The molecule has 3 unspecified atom stereocenters. The van der Waals surface area contributed by atoms with Gasteiger partial charge in [-0.1, -0.05) is 6.42 Å². The van der Waals surface area contributed by atoms with Crippen LogP contribution in [0.4, 0.5) is 26.3 Å². The Kier molecular flexibility index (Phi) is 4.62. The van der Waals surface area contributed by atoms with Gasteiger partial charge in [0.1, 0.15) is 0 Å². The lowest BCUT2D eigenvalue weighted by Gasteiger charge is -2.32. The molecule has 0 saturated heterocycles. The summed E-state index contributed by atoms with van der Waals surface area (Å²) in [6, 6.07) is 0. The highest BCUT2D eigenvalue weighted by molar-refractivity contribution is 7.88. The van der Waals surface area contributed by atoms with Crippen molar-refractivity contribution in [2.45, 2.75) is 42.8 Å². The first-order chi connectivity index (χ1) is 10.7. The fourth-order valence-corrected chi connectivity index (χ4v) is 4.51. The molecule has 12 heteroatoms.